The fourth-order valence-electron chi connectivity index (χ4n) is 0.945. The average molecular weight is 216 g/mol. The van der Waals surface area contributed by atoms with Crippen LogP contribution in [-0.4, -0.2) is 28.9 Å². The molecule has 0 aliphatic carbocycles. The molecule has 0 saturated heterocycles. The Morgan fingerprint density at radius 3 is 3.00 bits per heavy atom. The van der Waals surface area contributed by atoms with Crippen LogP contribution >= 0.6 is 11.3 Å². The van der Waals surface area contributed by atoms with Gasteiger partial charge < -0.3 is 14.9 Å². The van der Waals surface area contributed by atoms with Crippen LogP contribution in [0.2, 0.25) is 0 Å². The first-order chi connectivity index (χ1) is 6.68. The molecule has 4 nitrogen and oxygen atoms in total. The van der Waals surface area contributed by atoms with Crippen molar-refractivity contribution in [3.63, 3.8) is 0 Å². The summed E-state index contributed by atoms with van der Waals surface area (Å²) in [6.45, 7) is 0.342. The molecule has 78 valence electrons. The second-order valence-corrected chi connectivity index (χ2v) is 3.73. The first kappa shape index (κ1) is 11.0. The molecule has 1 rings (SSSR count). The summed E-state index contributed by atoms with van der Waals surface area (Å²) < 4.78 is 5.26. The van der Waals surface area contributed by atoms with Crippen LogP contribution in [-0.2, 0) is 4.79 Å². The van der Waals surface area contributed by atoms with Crippen LogP contribution in [0.3, 0.4) is 0 Å². The van der Waals surface area contributed by atoms with E-state index in [2.05, 4.69) is 0 Å². The van der Waals surface area contributed by atoms with Crippen molar-refractivity contribution >= 4 is 17.3 Å². The van der Waals surface area contributed by atoms with Gasteiger partial charge in [-0.15, -0.1) is 11.3 Å². The van der Waals surface area contributed by atoms with E-state index in [0.29, 0.717) is 13.0 Å². The van der Waals surface area contributed by atoms with E-state index < -0.39 is 12.1 Å². The molecule has 0 aromatic carbocycles. The first-order valence-corrected chi connectivity index (χ1v) is 5.12. The normalized spacial score (nSPS) is 12.4. The summed E-state index contributed by atoms with van der Waals surface area (Å²) in [5.74, 6) is -0.992. The molecule has 1 aromatic heterocycles. The molecular formula is C9H12O4S. The Morgan fingerprint density at radius 2 is 2.43 bits per heavy atom. The highest BCUT2D eigenvalue weighted by Gasteiger charge is 2.09. The predicted octanol–water partition coefficient (Wildman–Crippen LogP) is 1.35. The molecular weight excluding hydrogens is 204 g/mol. The lowest BCUT2D eigenvalue weighted by atomic mass is 10.2. The lowest BCUT2D eigenvalue weighted by Crippen LogP contribution is -2.16. The topological polar surface area (TPSA) is 66.8 Å². The molecule has 5 heteroatoms. The molecule has 1 aromatic rings. The third kappa shape index (κ3) is 4.25. The minimum atomic E-state index is -0.992. The number of hydrogen-bond acceptors (Lipinski definition) is 4. The molecule has 0 amide bonds. The van der Waals surface area contributed by atoms with Gasteiger partial charge in [-0.3, -0.25) is 4.79 Å². The number of ether oxygens (including phenoxy) is 1. The van der Waals surface area contributed by atoms with Crippen molar-refractivity contribution in [1.82, 2.24) is 0 Å². The summed E-state index contributed by atoms with van der Waals surface area (Å²) in [5.41, 5.74) is 0. The fourth-order valence-corrected chi connectivity index (χ4v) is 1.54. The Balaban J connectivity index is 2.12. The van der Waals surface area contributed by atoms with Gasteiger partial charge in [-0.25, -0.2) is 0 Å². The molecule has 0 aliphatic heterocycles. The molecule has 0 aliphatic rings. The predicted molar refractivity (Wildman–Crippen MR) is 52.7 cm³/mol. The van der Waals surface area contributed by atoms with Crippen molar-refractivity contribution in [3.05, 3.63) is 17.5 Å². The van der Waals surface area contributed by atoms with Gasteiger partial charge in [-0.05, 0) is 17.5 Å². The lowest BCUT2D eigenvalue weighted by molar-refractivity contribution is -0.139. The molecule has 1 heterocycles. The maximum Gasteiger partial charge on any atom is 0.305 e. The van der Waals surface area contributed by atoms with Gasteiger partial charge in [0, 0.05) is 6.42 Å². The van der Waals surface area contributed by atoms with Crippen LogP contribution in [0, 0.1) is 0 Å². The minimum Gasteiger partial charge on any atom is -0.484 e. The SMILES string of the molecule is O=C(O)CC(O)CCOc1cccs1. The molecule has 0 saturated carbocycles. The number of hydrogen-bond donors (Lipinski definition) is 2. The monoisotopic (exact) mass is 216 g/mol. The van der Waals surface area contributed by atoms with Gasteiger partial charge in [0.1, 0.15) is 0 Å². The summed E-state index contributed by atoms with van der Waals surface area (Å²) in [6.07, 6.45) is -0.717. The van der Waals surface area contributed by atoms with Gasteiger partial charge in [0.2, 0.25) is 0 Å². The largest absolute Gasteiger partial charge is 0.484 e. The van der Waals surface area contributed by atoms with Crippen molar-refractivity contribution in [2.75, 3.05) is 6.61 Å². The summed E-state index contributed by atoms with van der Waals surface area (Å²) in [7, 11) is 0. The molecule has 1 atom stereocenters. The van der Waals surface area contributed by atoms with Crippen LogP contribution in [0.4, 0.5) is 0 Å². The zero-order valence-electron chi connectivity index (χ0n) is 7.55. The van der Waals surface area contributed by atoms with Crippen molar-refractivity contribution in [3.8, 4) is 5.06 Å². The van der Waals surface area contributed by atoms with Crippen molar-refractivity contribution in [2.24, 2.45) is 0 Å². The van der Waals surface area contributed by atoms with Gasteiger partial charge in [0.25, 0.3) is 0 Å². The van der Waals surface area contributed by atoms with E-state index in [4.69, 9.17) is 9.84 Å². The molecule has 0 fully saturated rings. The number of carboxylic acids is 1. The maximum atomic E-state index is 10.2. The molecule has 14 heavy (non-hydrogen) atoms. The Labute approximate surface area is 85.8 Å². The summed E-state index contributed by atoms with van der Waals surface area (Å²) in [6, 6.07) is 3.70. The summed E-state index contributed by atoms with van der Waals surface area (Å²) >= 11 is 1.47. The van der Waals surface area contributed by atoms with Gasteiger partial charge in [0.05, 0.1) is 19.1 Å². The second-order valence-electron chi connectivity index (χ2n) is 2.82. The molecule has 0 bridgehead atoms. The fraction of sp³-hybridized carbons (Fsp3) is 0.444. The standard InChI is InChI=1S/C9H12O4S/c10-7(6-8(11)12)3-4-13-9-2-1-5-14-9/h1-2,5,7,10H,3-4,6H2,(H,11,12). The number of aliphatic carboxylic acids is 1. The van der Waals surface area contributed by atoms with Crippen molar-refractivity contribution < 1.29 is 19.7 Å². The Kier molecular flexibility index (Phi) is 4.42. The van der Waals surface area contributed by atoms with E-state index in [1.54, 1.807) is 0 Å². The lowest BCUT2D eigenvalue weighted by Gasteiger charge is -2.07. The van der Waals surface area contributed by atoms with E-state index in [9.17, 15) is 9.90 Å². The first-order valence-electron chi connectivity index (χ1n) is 4.24. The number of carboxylic acid groups (broad SMARTS) is 1. The summed E-state index contributed by atoms with van der Waals surface area (Å²) in [4.78, 5) is 10.2. The Hall–Kier alpha value is -1.07. The van der Waals surface area contributed by atoms with E-state index in [1.807, 2.05) is 17.5 Å². The number of rotatable bonds is 6. The quantitative estimate of drug-likeness (QED) is 0.753. The highest BCUT2D eigenvalue weighted by molar-refractivity contribution is 7.11. The zero-order valence-corrected chi connectivity index (χ0v) is 8.37. The van der Waals surface area contributed by atoms with Gasteiger partial charge in [-0.2, -0.15) is 0 Å². The van der Waals surface area contributed by atoms with E-state index in [0.717, 1.165) is 5.06 Å². The van der Waals surface area contributed by atoms with Crippen molar-refractivity contribution in [1.29, 1.82) is 0 Å². The van der Waals surface area contributed by atoms with E-state index >= 15 is 0 Å². The highest BCUT2D eigenvalue weighted by Crippen LogP contribution is 2.18. The smallest absolute Gasteiger partial charge is 0.305 e. The molecule has 1 unspecified atom stereocenters. The second kappa shape index (κ2) is 5.62. The van der Waals surface area contributed by atoms with Crippen LogP contribution in [0.5, 0.6) is 5.06 Å². The average Bonchev–Trinajstić information content (AvgIpc) is 2.55. The summed E-state index contributed by atoms with van der Waals surface area (Å²) in [5, 5.41) is 20.2. The van der Waals surface area contributed by atoms with E-state index in [-0.39, 0.29) is 6.42 Å². The van der Waals surface area contributed by atoms with Crippen LogP contribution in [0.1, 0.15) is 12.8 Å². The molecule has 0 spiro atoms. The minimum absolute atomic E-state index is 0.228. The van der Waals surface area contributed by atoms with Gasteiger partial charge in [-0.1, -0.05) is 0 Å². The third-order valence-electron chi connectivity index (χ3n) is 1.60. The van der Waals surface area contributed by atoms with Gasteiger partial charge in [0.15, 0.2) is 5.06 Å². The van der Waals surface area contributed by atoms with Crippen molar-refractivity contribution in [2.45, 2.75) is 18.9 Å². The number of carbonyl (C=O) groups is 1. The van der Waals surface area contributed by atoms with Gasteiger partial charge >= 0.3 is 5.97 Å². The number of aliphatic hydroxyl groups is 1. The van der Waals surface area contributed by atoms with E-state index in [1.165, 1.54) is 11.3 Å². The highest BCUT2D eigenvalue weighted by atomic mass is 32.1. The van der Waals surface area contributed by atoms with Crippen LogP contribution in [0.15, 0.2) is 17.5 Å². The maximum absolute atomic E-state index is 10.2. The van der Waals surface area contributed by atoms with Crippen LogP contribution < -0.4 is 4.74 Å². The number of aliphatic hydroxyl groups excluding tert-OH is 1. The zero-order chi connectivity index (χ0) is 10.4. The Morgan fingerprint density at radius 1 is 1.64 bits per heavy atom. The molecule has 2 N–H and O–H groups in total. The van der Waals surface area contributed by atoms with Crippen LogP contribution in [0.25, 0.3) is 0 Å². The Bertz CT molecular complexity index is 270. The number of thiophene rings is 1. The molecule has 0 radical (unpaired) electrons. The third-order valence-corrected chi connectivity index (χ3v) is 2.38.